The van der Waals surface area contributed by atoms with Gasteiger partial charge in [-0.1, -0.05) is 13.8 Å². The Bertz CT molecular complexity index is 348. The van der Waals surface area contributed by atoms with E-state index in [1.165, 1.54) is 12.8 Å². The molecule has 0 unspecified atom stereocenters. The monoisotopic (exact) mass is 234 g/mol. The van der Waals surface area contributed by atoms with Crippen LogP contribution in [-0.4, -0.2) is 23.2 Å². The molecular weight excluding hydrogens is 212 g/mol. The molecule has 1 fully saturated rings. The van der Waals surface area contributed by atoms with Gasteiger partial charge in [0.15, 0.2) is 0 Å². The van der Waals surface area contributed by atoms with Gasteiger partial charge in [-0.15, -0.1) is 0 Å². The molecule has 2 rings (SSSR count). The van der Waals surface area contributed by atoms with Crippen LogP contribution in [0.3, 0.4) is 0 Å². The molecule has 1 aliphatic rings. The van der Waals surface area contributed by atoms with Crippen molar-refractivity contribution >= 4 is 5.82 Å². The number of aliphatic hydroxyl groups is 1. The van der Waals surface area contributed by atoms with E-state index in [9.17, 15) is 5.11 Å². The van der Waals surface area contributed by atoms with Crippen molar-refractivity contribution < 1.29 is 5.11 Å². The summed E-state index contributed by atoms with van der Waals surface area (Å²) in [5, 5.41) is 9.28. The van der Waals surface area contributed by atoms with E-state index in [1.54, 1.807) is 0 Å². The number of nitrogens with zero attached hydrogens (tertiary/aromatic N) is 2. The van der Waals surface area contributed by atoms with Crippen LogP contribution in [0.1, 0.15) is 37.9 Å². The van der Waals surface area contributed by atoms with Crippen LogP contribution in [0.15, 0.2) is 12.1 Å². The van der Waals surface area contributed by atoms with Gasteiger partial charge in [-0.05, 0) is 42.9 Å². The molecule has 1 saturated heterocycles. The first-order valence-electron chi connectivity index (χ1n) is 6.58. The van der Waals surface area contributed by atoms with Crippen LogP contribution in [-0.2, 0) is 13.0 Å². The summed E-state index contributed by atoms with van der Waals surface area (Å²) in [6.07, 6.45) is 3.41. The van der Waals surface area contributed by atoms with Crippen molar-refractivity contribution in [2.75, 3.05) is 18.0 Å². The zero-order valence-corrected chi connectivity index (χ0v) is 10.8. The molecule has 3 nitrogen and oxygen atoms in total. The lowest BCUT2D eigenvalue weighted by molar-refractivity contribution is 0.281. The van der Waals surface area contributed by atoms with Crippen LogP contribution < -0.4 is 4.90 Å². The molecule has 94 valence electrons. The van der Waals surface area contributed by atoms with Gasteiger partial charge < -0.3 is 10.0 Å². The highest BCUT2D eigenvalue weighted by Gasteiger charge is 2.17. The minimum Gasteiger partial charge on any atom is -0.392 e. The van der Waals surface area contributed by atoms with Crippen LogP contribution in [0.4, 0.5) is 5.82 Å². The Morgan fingerprint density at radius 2 is 2.06 bits per heavy atom. The van der Waals surface area contributed by atoms with Crippen molar-refractivity contribution in [1.82, 2.24) is 4.98 Å². The summed E-state index contributed by atoms with van der Waals surface area (Å²) >= 11 is 0. The highest BCUT2D eigenvalue weighted by Crippen LogP contribution is 2.22. The van der Waals surface area contributed by atoms with E-state index in [2.05, 4.69) is 23.7 Å². The first kappa shape index (κ1) is 12.4. The molecule has 1 aliphatic heterocycles. The van der Waals surface area contributed by atoms with Crippen molar-refractivity contribution in [2.45, 2.75) is 39.7 Å². The quantitative estimate of drug-likeness (QED) is 0.872. The number of aliphatic hydroxyl groups excluding tert-OH is 1. The topological polar surface area (TPSA) is 36.4 Å². The minimum absolute atomic E-state index is 0.104. The maximum atomic E-state index is 9.28. The number of aromatic nitrogens is 1. The normalized spacial score (nSPS) is 17.5. The van der Waals surface area contributed by atoms with E-state index in [-0.39, 0.29) is 6.61 Å². The molecule has 1 N–H and O–H groups in total. The molecule has 17 heavy (non-hydrogen) atoms. The second-order valence-corrected chi connectivity index (χ2v) is 5.01. The molecular formula is C14H22N2O. The van der Waals surface area contributed by atoms with E-state index < -0.39 is 0 Å². The lowest BCUT2D eigenvalue weighted by atomic mass is 9.99. The Morgan fingerprint density at radius 3 is 2.65 bits per heavy atom. The number of hydrogen-bond acceptors (Lipinski definition) is 3. The highest BCUT2D eigenvalue weighted by molar-refractivity contribution is 5.43. The molecule has 0 spiro atoms. The van der Waals surface area contributed by atoms with Gasteiger partial charge in [0.1, 0.15) is 5.82 Å². The Morgan fingerprint density at radius 1 is 1.35 bits per heavy atom. The van der Waals surface area contributed by atoms with Gasteiger partial charge in [0.25, 0.3) is 0 Å². The predicted molar refractivity (Wildman–Crippen MR) is 70.1 cm³/mol. The molecule has 0 saturated carbocycles. The van der Waals surface area contributed by atoms with Crippen molar-refractivity contribution in [1.29, 1.82) is 0 Å². The SMILES string of the molecule is CCc1cc(CO)cc(N2CCC(C)CC2)n1. The van der Waals surface area contributed by atoms with Crippen LogP contribution in [0.2, 0.25) is 0 Å². The maximum absolute atomic E-state index is 9.28. The smallest absolute Gasteiger partial charge is 0.129 e. The molecule has 0 atom stereocenters. The van der Waals surface area contributed by atoms with Gasteiger partial charge in [-0.3, -0.25) is 0 Å². The van der Waals surface area contributed by atoms with E-state index in [1.807, 2.05) is 12.1 Å². The van der Waals surface area contributed by atoms with Gasteiger partial charge in [-0.25, -0.2) is 4.98 Å². The molecule has 0 bridgehead atoms. The van der Waals surface area contributed by atoms with Crippen molar-refractivity contribution in [3.8, 4) is 0 Å². The molecule has 0 aliphatic carbocycles. The van der Waals surface area contributed by atoms with E-state index in [4.69, 9.17) is 0 Å². The molecule has 1 aromatic rings. The predicted octanol–water partition coefficient (Wildman–Crippen LogP) is 2.37. The Kier molecular flexibility index (Phi) is 4.00. The van der Waals surface area contributed by atoms with Crippen LogP contribution in [0.25, 0.3) is 0 Å². The van der Waals surface area contributed by atoms with E-state index in [0.29, 0.717) is 0 Å². The summed E-state index contributed by atoms with van der Waals surface area (Å²) in [5.74, 6) is 1.87. The third-order valence-electron chi connectivity index (χ3n) is 3.58. The average molecular weight is 234 g/mol. The van der Waals surface area contributed by atoms with Crippen LogP contribution in [0.5, 0.6) is 0 Å². The molecule has 0 radical (unpaired) electrons. The molecule has 2 heterocycles. The molecule has 1 aromatic heterocycles. The lowest BCUT2D eigenvalue weighted by Crippen LogP contribution is -2.33. The summed E-state index contributed by atoms with van der Waals surface area (Å²) in [5.41, 5.74) is 2.05. The summed E-state index contributed by atoms with van der Waals surface area (Å²) in [6, 6.07) is 4.02. The first-order valence-corrected chi connectivity index (χ1v) is 6.58. The molecule has 3 heteroatoms. The van der Waals surface area contributed by atoms with Crippen molar-refractivity contribution in [3.63, 3.8) is 0 Å². The summed E-state index contributed by atoms with van der Waals surface area (Å²) in [6.45, 7) is 6.70. The Hall–Kier alpha value is -1.09. The number of anilines is 1. The number of pyridine rings is 1. The minimum atomic E-state index is 0.104. The second-order valence-electron chi connectivity index (χ2n) is 5.01. The second kappa shape index (κ2) is 5.50. The van der Waals surface area contributed by atoms with Gasteiger partial charge in [0.05, 0.1) is 6.61 Å². The highest BCUT2D eigenvalue weighted by atomic mass is 16.3. The number of rotatable bonds is 3. The summed E-state index contributed by atoms with van der Waals surface area (Å²) < 4.78 is 0. The molecule has 0 amide bonds. The van der Waals surface area contributed by atoms with Gasteiger partial charge in [-0.2, -0.15) is 0 Å². The third kappa shape index (κ3) is 2.97. The van der Waals surface area contributed by atoms with Gasteiger partial charge >= 0.3 is 0 Å². The van der Waals surface area contributed by atoms with Crippen LogP contribution >= 0.6 is 0 Å². The van der Waals surface area contributed by atoms with Gasteiger partial charge in [0, 0.05) is 18.8 Å². The maximum Gasteiger partial charge on any atom is 0.129 e. The fourth-order valence-corrected chi connectivity index (χ4v) is 2.31. The number of hydrogen-bond donors (Lipinski definition) is 1. The zero-order valence-electron chi connectivity index (χ0n) is 10.8. The van der Waals surface area contributed by atoms with E-state index >= 15 is 0 Å². The largest absolute Gasteiger partial charge is 0.392 e. The first-order chi connectivity index (χ1) is 8.22. The fraction of sp³-hybridized carbons (Fsp3) is 0.643. The summed E-state index contributed by atoms with van der Waals surface area (Å²) in [4.78, 5) is 7.01. The summed E-state index contributed by atoms with van der Waals surface area (Å²) in [7, 11) is 0. The van der Waals surface area contributed by atoms with Crippen molar-refractivity contribution in [2.24, 2.45) is 5.92 Å². The Balaban J connectivity index is 2.19. The Labute approximate surface area is 103 Å². The third-order valence-corrected chi connectivity index (χ3v) is 3.58. The average Bonchev–Trinajstić information content (AvgIpc) is 2.39. The zero-order chi connectivity index (χ0) is 12.3. The fourth-order valence-electron chi connectivity index (χ4n) is 2.31. The lowest BCUT2D eigenvalue weighted by Gasteiger charge is -2.31. The standard InChI is InChI=1S/C14H22N2O/c1-3-13-8-12(10-17)9-14(15-13)16-6-4-11(2)5-7-16/h8-9,11,17H,3-7,10H2,1-2H3. The number of piperidine rings is 1. The van der Waals surface area contributed by atoms with E-state index in [0.717, 1.165) is 42.5 Å². The molecule has 0 aromatic carbocycles. The van der Waals surface area contributed by atoms with Gasteiger partial charge in [0.2, 0.25) is 0 Å². The number of aryl methyl sites for hydroxylation is 1. The van der Waals surface area contributed by atoms with Crippen LogP contribution in [0, 0.1) is 5.92 Å². The van der Waals surface area contributed by atoms with Crippen molar-refractivity contribution in [3.05, 3.63) is 23.4 Å².